The molecule has 2 heterocycles. The standard InChI is InChI=1S/C20H35N3O3S/c1-17-8-6-7-11-22(17)15-19-14-21-20(23(19)12-13-26-2)27(24,25)16-18-9-4-3-5-10-18/h14,17-18H,3-13,15-16H2,1-2H3. The minimum Gasteiger partial charge on any atom is -0.383 e. The molecule has 0 radical (unpaired) electrons. The molecule has 1 unspecified atom stereocenters. The van der Waals surface area contributed by atoms with Crippen LogP contribution in [0.15, 0.2) is 11.4 Å². The van der Waals surface area contributed by atoms with Gasteiger partial charge in [-0.2, -0.15) is 0 Å². The Bertz CT molecular complexity index is 695. The predicted octanol–water partition coefficient (Wildman–Crippen LogP) is 3.26. The van der Waals surface area contributed by atoms with Gasteiger partial charge in [-0.3, -0.25) is 4.90 Å². The van der Waals surface area contributed by atoms with E-state index in [-0.39, 0.29) is 16.8 Å². The molecule has 1 aromatic rings. The van der Waals surface area contributed by atoms with Gasteiger partial charge in [0.15, 0.2) is 0 Å². The molecule has 0 aromatic carbocycles. The Morgan fingerprint density at radius 1 is 1.15 bits per heavy atom. The second kappa shape index (κ2) is 9.52. The van der Waals surface area contributed by atoms with E-state index in [1.165, 1.54) is 25.7 Å². The molecule has 3 rings (SSSR count). The summed E-state index contributed by atoms with van der Waals surface area (Å²) < 4.78 is 33.4. The van der Waals surface area contributed by atoms with Crippen LogP contribution in [0.3, 0.4) is 0 Å². The molecule has 1 saturated heterocycles. The lowest BCUT2D eigenvalue weighted by Gasteiger charge is -2.33. The molecule has 1 saturated carbocycles. The van der Waals surface area contributed by atoms with E-state index in [1.54, 1.807) is 13.3 Å². The highest BCUT2D eigenvalue weighted by molar-refractivity contribution is 7.91. The van der Waals surface area contributed by atoms with Crippen LogP contribution in [0.2, 0.25) is 0 Å². The van der Waals surface area contributed by atoms with E-state index >= 15 is 0 Å². The van der Waals surface area contributed by atoms with Crippen molar-refractivity contribution < 1.29 is 13.2 Å². The minimum atomic E-state index is -3.38. The minimum absolute atomic E-state index is 0.233. The zero-order valence-corrected chi connectivity index (χ0v) is 17.7. The van der Waals surface area contributed by atoms with Gasteiger partial charge in [0, 0.05) is 26.2 Å². The topological polar surface area (TPSA) is 64.4 Å². The van der Waals surface area contributed by atoms with Gasteiger partial charge in [-0.05, 0) is 45.1 Å². The molecule has 1 aliphatic carbocycles. The van der Waals surface area contributed by atoms with E-state index in [0.29, 0.717) is 19.2 Å². The van der Waals surface area contributed by atoms with Gasteiger partial charge in [-0.15, -0.1) is 0 Å². The summed E-state index contributed by atoms with van der Waals surface area (Å²) >= 11 is 0. The average molecular weight is 398 g/mol. The molecule has 27 heavy (non-hydrogen) atoms. The molecule has 7 heteroatoms. The first-order valence-corrected chi connectivity index (χ1v) is 12.2. The molecule has 0 bridgehead atoms. The number of nitrogens with zero attached hydrogens (tertiary/aromatic N) is 3. The molecule has 154 valence electrons. The fourth-order valence-electron chi connectivity index (χ4n) is 4.53. The third kappa shape index (κ3) is 5.33. The number of ether oxygens (including phenoxy) is 1. The molecule has 0 spiro atoms. The fourth-order valence-corrected chi connectivity index (χ4v) is 6.39. The molecule has 1 atom stereocenters. The van der Waals surface area contributed by atoms with E-state index in [4.69, 9.17) is 4.74 Å². The zero-order chi connectivity index (χ0) is 19.3. The van der Waals surface area contributed by atoms with Crippen molar-refractivity contribution in [3.8, 4) is 0 Å². The van der Waals surface area contributed by atoms with E-state index in [2.05, 4.69) is 16.8 Å². The highest BCUT2D eigenvalue weighted by atomic mass is 32.2. The van der Waals surface area contributed by atoms with Crippen molar-refractivity contribution in [1.29, 1.82) is 0 Å². The van der Waals surface area contributed by atoms with Crippen molar-refractivity contribution in [3.05, 3.63) is 11.9 Å². The van der Waals surface area contributed by atoms with E-state index in [9.17, 15) is 8.42 Å². The predicted molar refractivity (Wildman–Crippen MR) is 106 cm³/mol. The summed E-state index contributed by atoms with van der Waals surface area (Å²) in [6, 6.07) is 0.534. The molecule has 0 amide bonds. The summed E-state index contributed by atoms with van der Waals surface area (Å²) in [5.74, 6) is 0.512. The van der Waals surface area contributed by atoms with Crippen molar-refractivity contribution in [2.24, 2.45) is 5.92 Å². The maximum Gasteiger partial charge on any atom is 0.227 e. The SMILES string of the molecule is COCCn1c(CN2CCCCC2C)cnc1S(=O)(=O)CC1CCCCC1. The highest BCUT2D eigenvalue weighted by Gasteiger charge is 2.29. The summed E-state index contributed by atoms with van der Waals surface area (Å²) in [6.45, 7) is 5.12. The largest absolute Gasteiger partial charge is 0.383 e. The van der Waals surface area contributed by atoms with Crippen LogP contribution in [0, 0.1) is 5.92 Å². The van der Waals surface area contributed by atoms with Crippen LogP contribution in [0.5, 0.6) is 0 Å². The zero-order valence-electron chi connectivity index (χ0n) is 16.9. The molecule has 6 nitrogen and oxygen atoms in total. The molecule has 2 fully saturated rings. The second-order valence-electron chi connectivity index (χ2n) is 8.28. The summed E-state index contributed by atoms with van der Waals surface area (Å²) in [5, 5.41) is 0.241. The third-order valence-electron chi connectivity index (χ3n) is 6.18. The monoisotopic (exact) mass is 397 g/mol. The van der Waals surface area contributed by atoms with Crippen molar-refractivity contribution in [2.45, 2.75) is 82.6 Å². The van der Waals surface area contributed by atoms with Crippen molar-refractivity contribution in [2.75, 3.05) is 26.0 Å². The van der Waals surface area contributed by atoms with Crippen molar-refractivity contribution in [1.82, 2.24) is 14.5 Å². The van der Waals surface area contributed by atoms with Gasteiger partial charge >= 0.3 is 0 Å². The van der Waals surface area contributed by atoms with E-state index in [1.807, 2.05) is 4.57 Å². The Labute approximate surface area is 164 Å². The number of hydrogen-bond acceptors (Lipinski definition) is 5. The maximum absolute atomic E-state index is 13.1. The van der Waals surface area contributed by atoms with Gasteiger partial charge in [0.25, 0.3) is 0 Å². The van der Waals surface area contributed by atoms with Crippen molar-refractivity contribution >= 4 is 9.84 Å². The number of piperidine rings is 1. The Balaban J connectivity index is 1.80. The Hall–Kier alpha value is -0.920. The average Bonchev–Trinajstić information content (AvgIpc) is 3.06. The maximum atomic E-state index is 13.1. The summed E-state index contributed by atoms with van der Waals surface area (Å²) in [4.78, 5) is 6.84. The first-order valence-electron chi connectivity index (χ1n) is 10.5. The van der Waals surface area contributed by atoms with Crippen LogP contribution >= 0.6 is 0 Å². The van der Waals surface area contributed by atoms with Gasteiger partial charge in [0.05, 0.1) is 24.3 Å². The second-order valence-corrected chi connectivity index (χ2v) is 10.2. The molecule has 2 aliphatic rings. The number of likely N-dealkylation sites (tertiary alicyclic amines) is 1. The number of rotatable bonds is 8. The van der Waals surface area contributed by atoms with E-state index in [0.717, 1.165) is 44.5 Å². The number of aromatic nitrogens is 2. The van der Waals surface area contributed by atoms with Crippen LogP contribution in [-0.2, 0) is 27.7 Å². The Morgan fingerprint density at radius 3 is 2.59 bits per heavy atom. The summed E-state index contributed by atoms with van der Waals surface area (Å²) in [6.07, 6.45) is 11.0. The van der Waals surface area contributed by atoms with Crippen LogP contribution in [-0.4, -0.2) is 54.9 Å². The van der Waals surface area contributed by atoms with Crippen LogP contribution in [0.25, 0.3) is 0 Å². The fraction of sp³-hybridized carbons (Fsp3) is 0.850. The smallest absolute Gasteiger partial charge is 0.227 e. The number of imidazole rings is 1. The van der Waals surface area contributed by atoms with Gasteiger partial charge in [0.2, 0.25) is 15.0 Å². The lowest BCUT2D eigenvalue weighted by molar-refractivity contribution is 0.145. The number of methoxy groups -OCH3 is 1. The first-order chi connectivity index (χ1) is 13.0. The van der Waals surface area contributed by atoms with Gasteiger partial charge in [-0.1, -0.05) is 25.7 Å². The van der Waals surface area contributed by atoms with Crippen LogP contribution in [0.4, 0.5) is 0 Å². The molecular formula is C20H35N3O3S. The normalized spacial score (nSPS) is 23.0. The van der Waals surface area contributed by atoms with Gasteiger partial charge in [0.1, 0.15) is 0 Å². The number of hydrogen-bond donors (Lipinski definition) is 0. The lowest BCUT2D eigenvalue weighted by atomic mass is 9.91. The first kappa shape index (κ1) is 20.8. The molecular weight excluding hydrogens is 362 g/mol. The highest BCUT2D eigenvalue weighted by Crippen LogP contribution is 2.27. The van der Waals surface area contributed by atoms with Gasteiger partial charge < -0.3 is 9.30 Å². The van der Waals surface area contributed by atoms with Gasteiger partial charge in [-0.25, -0.2) is 13.4 Å². The molecule has 0 N–H and O–H groups in total. The number of sulfone groups is 1. The lowest BCUT2D eigenvalue weighted by Crippen LogP contribution is -2.37. The quantitative estimate of drug-likeness (QED) is 0.674. The Kier molecular flexibility index (Phi) is 7.34. The molecule has 1 aromatic heterocycles. The van der Waals surface area contributed by atoms with Crippen LogP contribution < -0.4 is 0 Å². The van der Waals surface area contributed by atoms with Crippen molar-refractivity contribution in [3.63, 3.8) is 0 Å². The molecule has 1 aliphatic heterocycles. The summed E-state index contributed by atoms with van der Waals surface area (Å²) in [5.41, 5.74) is 0.989. The van der Waals surface area contributed by atoms with Crippen LogP contribution in [0.1, 0.15) is 64.0 Å². The summed E-state index contributed by atoms with van der Waals surface area (Å²) in [7, 11) is -1.72. The Morgan fingerprint density at radius 2 is 1.89 bits per heavy atom. The van der Waals surface area contributed by atoms with E-state index < -0.39 is 9.84 Å². The third-order valence-corrected chi connectivity index (χ3v) is 7.98.